The maximum atomic E-state index is 13.2. The van der Waals surface area contributed by atoms with Gasteiger partial charge in [-0.3, -0.25) is 4.90 Å². The lowest BCUT2D eigenvalue weighted by Gasteiger charge is -2.39. The Labute approximate surface area is 155 Å². The highest BCUT2D eigenvalue weighted by atomic mass is 19.1. The number of aromatic nitrogens is 2. The number of imidazole rings is 1. The SMILES string of the molecule is CC(c1ccc(F)cc1)n1cncc1CN1CCC(C#N)(C(C)C)CC1. The second-order valence-electron chi connectivity index (χ2n) is 7.72. The second kappa shape index (κ2) is 7.59. The van der Waals surface area contributed by atoms with E-state index >= 15 is 0 Å². The smallest absolute Gasteiger partial charge is 0.123 e. The van der Waals surface area contributed by atoms with E-state index in [-0.39, 0.29) is 17.3 Å². The van der Waals surface area contributed by atoms with Crippen molar-refractivity contribution in [3.05, 3.63) is 53.9 Å². The first kappa shape index (κ1) is 18.6. The predicted molar refractivity (Wildman–Crippen MR) is 99.8 cm³/mol. The molecule has 2 aromatic rings. The Bertz CT molecular complexity index is 764. The number of nitrogens with zero attached hydrogens (tertiary/aromatic N) is 4. The van der Waals surface area contributed by atoms with Crippen molar-refractivity contribution in [3.63, 3.8) is 0 Å². The van der Waals surface area contributed by atoms with Crippen LogP contribution in [0, 0.1) is 28.5 Å². The quantitative estimate of drug-likeness (QED) is 0.800. The summed E-state index contributed by atoms with van der Waals surface area (Å²) in [5.41, 5.74) is 2.03. The van der Waals surface area contributed by atoms with Crippen molar-refractivity contribution >= 4 is 0 Å². The van der Waals surface area contributed by atoms with Crippen molar-refractivity contribution in [2.45, 2.75) is 46.2 Å². The molecule has 0 N–H and O–H groups in total. The zero-order chi connectivity index (χ0) is 18.7. The first-order chi connectivity index (χ1) is 12.4. The molecule has 1 aromatic carbocycles. The summed E-state index contributed by atoms with van der Waals surface area (Å²) in [5.74, 6) is 0.171. The summed E-state index contributed by atoms with van der Waals surface area (Å²) in [6.07, 6.45) is 5.60. The lowest BCUT2D eigenvalue weighted by Crippen LogP contribution is -2.41. The van der Waals surface area contributed by atoms with Crippen LogP contribution in [0.5, 0.6) is 0 Å². The summed E-state index contributed by atoms with van der Waals surface area (Å²) in [6, 6.07) is 9.34. The van der Waals surface area contributed by atoms with Gasteiger partial charge in [0.25, 0.3) is 0 Å². The van der Waals surface area contributed by atoms with Crippen LogP contribution >= 0.6 is 0 Å². The molecule has 1 aliphatic rings. The Balaban J connectivity index is 1.69. The fourth-order valence-electron chi connectivity index (χ4n) is 3.86. The van der Waals surface area contributed by atoms with Gasteiger partial charge in [0.05, 0.1) is 29.5 Å². The normalized spacial score (nSPS) is 18.6. The number of piperidine rings is 1. The number of hydrogen-bond acceptors (Lipinski definition) is 3. The zero-order valence-corrected chi connectivity index (χ0v) is 15.8. The van der Waals surface area contributed by atoms with E-state index < -0.39 is 0 Å². The molecule has 1 fully saturated rings. The largest absolute Gasteiger partial charge is 0.326 e. The van der Waals surface area contributed by atoms with Gasteiger partial charge in [-0.15, -0.1) is 0 Å². The van der Waals surface area contributed by atoms with Gasteiger partial charge in [0.1, 0.15) is 5.82 Å². The van der Waals surface area contributed by atoms with Crippen LogP contribution in [-0.2, 0) is 6.54 Å². The Morgan fingerprint density at radius 2 is 1.85 bits per heavy atom. The van der Waals surface area contributed by atoms with Gasteiger partial charge in [0, 0.05) is 25.8 Å². The van der Waals surface area contributed by atoms with E-state index in [0.717, 1.165) is 43.7 Å². The van der Waals surface area contributed by atoms with Gasteiger partial charge in [0.2, 0.25) is 0 Å². The predicted octanol–water partition coefficient (Wildman–Crippen LogP) is 4.39. The molecule has 26 heavy (non-hydrogen) atoms. The minimum Gasteiger partial charge on any atom is -0.326 e. The maximum Gasteiger partial charge on any atom is 0.123 e. The van der Waals surface area contributed by atoms with Crippen molar-refractivity contribution in [1.82, 2.24) is 14.5 Å². The number of halogens is 1. The van der Waals surface area contributed by atoms with Crippen LogP contribution in [0.3, 0.4) is 0 Å². The number of hydrogen-bond donors (Lipinski definition) is 0. The molecule has 1 unspecified atom stereocenters. The van der Waals surface area contributed by atoms with Crippen LogP contribution in [0.25, 0.3) is 0 Å². The molecule has 1 atom stereocenters. The first-order valence-electron chi connectivity index (χ1n) is 9.35. The van der Waals surface area contributed by atoms with Crippen LogP contribution < -0.4 is 0 Å². The van der Waals surface area contributed by atoms with E-state index in [1.165, 1.54) is 12.1 Å². The van der Waals surface area contributed by atoms with E-state index in [0.29, 0.717) is 5.92 Å². The van der Waals surface area contributed by atoms with E-state index in [4.69, 9.17) is 0 Å². The van der Waals surface area contributed by atoms with E-state index in [1.807, 2.05) is 24.7 Å². The topological polar surface area (TPSA) is 44.9 Å². The standard InChI is InChI=1S/C21H27FN4/c1-16(2)21(14-23)8-10-25(11-9-21)13-20-12-24-15-26(20)17(3)18-4-6-19(22)7-5-18/h4-7,12,15-17H,8-11,13H2,1-3H3. The highest BCUT2D eigenvalue weighted by Crippen LogP contribution is 2.38. The minimum absolute atomic E-state index is 0.103. The van der Waals surface area contributed by atoms with Crippen LogP contribution in [0.4, 0.5) is 4.39 Å². The number of rotatable bonds is 5. The third-order valence-electron chi connectivity index (χ3n) is 5.98. The van der Waals surface area contributed by atoms with E-state index in [9.17, 15) is 9.65 Å². The van der Waals surface area contributed by atoms with Crippen LogP contribution in [0.1, 0.15) is 50.9 Å². The Morgan fingerprint density at radius 1 is 1.19 bits per heavy atom. The van der Waals surface area contributed by atoms with Crippen LogP contribution in [-0.4, -0.2) is 27.5 Å². The molecule has 138 valence electrons. The molecule has 0 radical (unpaired) electrons. The van der Waals surface area contributed by atoms with Gasteiger partial charge >= 0.3 is 0 Å². The van der Waals surface area contributed by atoms with Gasteiger partial charge in [-0.05, 0) is 43.4 Å². The summed E-state index contributed by atoms with van der Waals surface area (Å²) in [4.78, 5) is 6.74. The second-order valence-corrected chi connectivity index (χ2v) is 7.72. The molecule has 1 aliphatic heterocycles. The molecule has 0 saturated carbocycles. The molecule has 0 amide bonds. The third-order valence-corrected chi connectivity index (χ3v) is 5.98. The molecule has 0 spiro atoms. The maximum absolute atomic E-state index is 13.2. The summed E-state index contributed by atoms with van der Waals surface area (Å²) in [6.45, 7) is 9.10. The molecule has 1 aromatic heterocycles. The van der Waals surface area contributed by atoms with Gasteiger partial charge in [-0.2, -0.15) is 5.26 Å². The van der Waals surface area contributed by atoms with Gasteiger partial charge < -0.3 is 4.57 Å². The lowest BCUT2D eigenvalue weighted by atomic mass is 9.71. The van der Waals surface area contributed by atoms with Crippen molar-refractivity contribution < 1.29 is 4.39 Å². The van der Waals surface area contributed by atoms with Crippen molar-refractivity contribution in [2.75, 3.05) is 13.1 Å². The fourth-order valence-corrected chi connectivity index (χ4v) is 3.86. The molecule has 1 saturated heterocycles. The fraction of sp³-hybridized carbons (Fsp3) is 0.524. The molecular weight excluding hydrogens is 327 g/mol. The van der Waals surface area contributed by atoms with Gasteiger partial charge in [-0.1, -0.05) is 26.0 Å². The lowest BCUT2D eigenvalue weighted by molar-refractivity contribution is 0.102. The van der Waals surface area contributed by atoms with Gasteiger partial charge in [0.15, 0.2) is 0 Å². The molecule has 2 heterocycles. The summed E-state index contributed by atoms with van der Waals surface area (Å²) in [7, 11) is 0. The third kappa shape index (κ3) is 3.66. The Morgan fingerprint density at radius 3 is 2.42 bits per heavy atom. The highest BCUT2D eigenvalue weighted by Gasteiger charge is 2.37. The summed E-state index contributed by atoms with van der Waals surface area (Å²) in [5, 5.41) is 9.61. The van der Waals surface area contributed by atoms with E-state index in [1.54, 1.807) is 0 Å². The molecular formula is C21H27FN4. The van der Waals surface area contributed by atoms with Crippen molar-refractivity contribution in [1.29, 1.82) is 5.26 Å². The average molecular weight is 354 g/mol. The van der Waals surface area contributed by atoms with Gasteiger partial charge in [-0.25, -0.2) is 9.37 Å². The Hall–Kier alpha value is -2.19. The number of likely N-dealkylation sites (tertiary alicyclic amines) is 1. The molecule has 0 aliphatic carbocycles. The minimum atomic E-state index is -0.216. The van der Waals surface area contributed by atoms with E-state index in [2.05, 4.69) is 41.3 Å². The molecule has 4 nitrogen and oxygen atoms in total. The van der Waals surface area contributed by atoms with Crippen molar-refractivity contribution in [3.8, 4) is 6.07 Å². The first-order valence-corrected chi connectivity index (χ1v) is 9.35. The number of nitriles is 1. The molecule has 3 rings (SSSR count). The summed E-state index contributed by atoms with van der Waals surface area (Å²) < 4.78 is 15.3. The van der Waals surface area contributed by atoms with Crippen molar-refractivity contribution in [2.24, 2.45) is 11.3 Å². The van der Waals surface area contributed by atoms with Crippen LogP contribution in [0.15, 0.2) is 36.8 Å². The average Bonchev–Trinajstić information content (AvgIpc) is 3.10. The zero-order valence-electron chi connectivity index (χ0n) is 15.8. The Kier molecular flexibility index (Phi) is 5.43. The highest BCUT2D eigenvalue weighted by molar-refractivity contribution is 5.21. The summed E-state index contributed by atoms with van der Waals surface area (Å²) >= 11 is 0. The monoisotopic (exact) mass is 354 g/mol. The number of benzene rings is 1. The molecule has 5 heteroatoms. The molecule has 0 bridgehead atoms. The van der Waals surface area contributed by atoms with Crippen LogP contribution in [0.2, 0.25) is 0 Å².